The van der Waals surface area contributed by atoms with Gasteiger partial charge in [0.05, 0.1) is 17.2 Å². The number of aliphatic hydroxyl groups excluding tert-OH is 1. The average Bonchev–Trinajstić information content (AvgIpc) is 2.87. The van der Waals surface area contributed by atoms with Gasteiger partial charge in [-0.1, -0.05) is 29.8 Å². The summed E-state index contributed by atoms with van der Waals surface area (Å²) in [6, 6.07) is 11.6. The average molecular weight is 347 g/mol. The summed E-state index contributed by atoms with van der Waals surface area (Å²) in [5, 5.41) is 13.3. The Kier molecular flexibility index (Phi) is 4.42. The molecule has 6 nitrogen and oxygen atoms in total. The van der Waals surface area contributed by atoms with Gasteiger partial charge in [0.2, 0.25) is 0 Å². The molecule has 0 saturated heterocycles. The van der Waals surface area contributed by atoms with Gasteiger partial charge in [0, 0.05) is 18.6 Å². The van der Waals surface area contributed by atoms with Crippen molar-refractivity contribution in [3.8, 4) is 0 Å². The topological polar surface area (TPSA) is 84.5 Å². The highest BCUT2D eigenvalue weighted by molar-refractivity contribution is 6.30. The highest BCUT2D eigenvalue weighted by atomic mass is 35.5. The fourth-order valence-corrected chi connectivity index (χ4v) is 2.54. The lowest BCUT2D eigenvalue weighted by Gasteiger charge is -2.12. The van der Waals surface area contributed by atoms with Crippen LogP contribution in [0.1, 0.15) is 22.0 Å². The largest absolute Gasteiger partial charge is 0.419 e. The number of halogens is 1. The van der Waals surface area contributed by atoms with Crippen molar-refractivity contribution in [3.05, 3.63) is 69.2 Å². The van der Waals surface area contributed by atoms with Crippen LogP contribution in [0.2, 0.25) is 5.02 Å². The normalized spacial score (nSPS) is 12.3. The smallest absolute Gasteiger partial charge is 0.407 e. The number of aryl methyl sites for hydroxylation is 1. The van der Waals surface area contributed by atoms with E-state index in [2.05, 4.69) is 5.32 Å². The molecule has 3 rings (SSSR count). The van der Waals surface area contributed by atoms with Crippen LogP contribution in [0.3, 0.4) is 0 Å². The third kappa shape index (κ3) is 3.06. The number of carbonyl (C=O) groups is 1. The highest BCUT2D eigenvalue weighted by Gasteiger charge is 2.17. The summed E-state index contributed by atoms with van der Waals surface area (Å²) in [6.07, 6.45) is -0.867. The van der Waals surface area contributed by atoms with Gasteiger partial charge in [-0.15, -0.1) is 0 Å². The van der Waals surface area contributed by atoms with Gasteiger partial charge in [0.25, 0.3) is 5.91 Å². The number of aromatic nitrogens is 1. The van der Waals surface area contributed by atoms with Crippen molar-refractivity contribution >= 4 is 28.6 Å². The van der Waals surface area contributed by atoms with E-state index in [-0.39, 0.29) is 17.7 Å². The number of amides is 1. The van der Waals surface area contributed by atoms with Crippen LogP contribution in [0.25, 0.3) is 11.1 Å². The molecule has 0 saturated carbocycles. The van der Waals surface area contributed by atoms with Crippen LogP contribution in [-0.2, 0) is 7.05 Å². The van der Waals surface area contributed by atoms with Crippen LogP contribution >= 0.6 is 11.6 Å². The summed E-state index contributed by atoms with van der Waals surface area (Å²) in [5.74, 6) is -0.964. The van der Waals surface area contributed by atoms with Crippen molar-refractivity contribution in [2.75, 3.05) is 6.54 Å². The summed E-state index contributed by atoms with van der Waals surface area (Å²) in [7, 11) is 1.57. The summed E-state index contributed by atoms with van der Waals surface area (Å²) in [5.41, 5.74) is 1.65. The maximum Gasteiger partial charge on any atom is 0.419 e. The quantitative estimate of drug-likeness (QED) is 0.758. The summed E-state index contributed by atoms with van der Waals surface area (Å²) < 4.78 is 6.45. The molecule has 124 valence electrons. The first-order chi connectivity index (χ1) is 11.5. The molecule has 0 aliphatic rings. The minimum absolute atomic E-state index is 0.0217. The Labute approximate surface area is 142 Å². The SMILES string of the molecule is Cn1c(=O)oc2c(C(=O)NCC(O)c3ccc(Cl)cc3)cccc21. The van der Waals surface area contributed by atoms with E-state index in [0.717, 1.165) is 0 Å². The summed E-state index contributed by atoms with van der Waals surface area (Å²) in [4.78, 5) is 24.0. The van der Waals surface area contributed by atoms with Crippen LogP contribution in [-0.4, -0.2) is 22.1 Å². The van der Waals surface area contributed by atoms with Gasteiger partial charge in [-0.05, 0) is 29.8 Å². The molecule has 7 heteroatoms. The van der Waals surface area contributed by atoms with Gasteiger partial charge < -0.3 is 14.8 Å². The molecule has 1 heterocycles. The molecule has 1 atom stereocenters. The van der Waals surface area contributed by atoms with E-state index in [0.29, 0.717) is 16.1 Å². The number of hydrogen-bond donors (Lipinski definition) is 2. The second kappa shape index (κ2) is 6.51. The number of aliphatic hydroxyl groups is 1. The first-order valence-electron chi connectivity index (χ1n) is 7.27. The molecule has 3 aromatic rings. The molecule has 1 amide bonds. The molecule has 1 aromatic heterocycles. The number of hydrogen-bond acceptors (Lipinski definition) is 4. The number of benzene rings is 2. The van der Waals surface area contributed by atoms with Crippen LogP contribution in [0.15, 0.2) is 51.7 Å². The third-order valence-corrected chi connectivity index (χ3v) is 4.03. The summed E-state index contributed by atoms with van der Waals surface area (Å²) in [6.45, 7) is 0.0217. The lowest BCUT2D eigenvalue weighted by atomic mass is 10.1. The summed E-state index contributed by atoms with van der Waals surface area (Å²) >= 11 is 5.80. The lowest BCUT2D eigenvalue weighted by Crippen LogP contribution is -2.28. The van der Waals surface area contributed by atoms with Crippen LogP contribution in [0.4, 0.5) is 0 Å². The third-order valence-electron chi connectivity index (χ3n) is 3.77. The van der Waals surface area contributed by atoms with Gasteiger partial charge in [0.1, 0.15) is 0 Å². The number of rotatable bonds is 4. The van der Waals surface area contributed by atoms with Gasteiger partial charge in [-0.2, -0.15) is 0 Å². The fraction of sp³-hybridized carbons (Fsp3) is 0.176. The predicted molar refractivity (Wildman–Crippen MR) is 90.2 cm³/mol. The second-order valence-corrected chi connectivity index (χ2v) is 5.79. The van der Waals surface area contributed by atoms with E-state index in [9.17, 15) is 14.7 Å². The number of carbonyl (C=O) groups excluding carboxylic acids is 1. The molecule has 0 fully saturated rings. The van der Waals surface area contributed by atoms with E-state index in [1.807, 2.05) is 0 Å². The molecule has 0 radical (unpaired) electrons. The van der Waals surface area contributed by atoms with Crippen molar-refractivity contribution in [1.82, 2.24) is 9.88 Å². The first-order valence-corrected chi connectivity index (χ1v) is 7.65. The molecule has 0 aliphatic heterocycles. The Hall–Kier alpha value is -2.57. The number of para-hydroxylation sites is 1. The predicted octanol–water partition coefficient (Wildman–Crippen LogP) is 2.25. The minimum atomic E-state index is -0.867. The molecule has 24 heavy (non-hydrogen) atoms. The molecule has 0 aliphatic carbocycles. The Bertz CT molecular complexity index is 943. The molecule has 2 aromatic carbocycles. The van der Waals surface area contributed by atoms with Crippen LogP contribution in [0, 0.1) is 0 Å². The molecule has 2 N–H and O–H groups in total. The van der Waals surface area contributed by atoms with Gasteiger partial charge in [-0.25, -0.2) is 4.79 Å². The zero-order valence-corrected chi connectivity index (χ0v) is 13.6. The van der Waals surface area contributed by atoms with Crippen LogP contribution < -0.4 is 11.1 Å². The number of nitrogens with one attached hydrogen (secondary N) is 1. The van der Waals surface area contributed by atoms with Gasteiger partial charge in [0.15, 0.2) is 5.58 Å². The van der Waals surface area contributed by atoms with Crippen LogP contribution in [0.5, 0.6) is 0 Å². The Morgan fingerprint density at radius 1 is 1.29 bits per heavy atom. The zero-order valence-electron chi connectivity index (χ0n) is 12.8. The molecular weight excluding hydrogens is 332 g/mol. The zero-order chi connectivity index (χ0) is 17.3. The van der Waals surface area contributed by atoms with E-state index < -0.39 is 17.8 Å². The molecule has 0 spiro atoms. The Balaban J connectivity index is 1.77. The van der Waals surface area contributed by atoms with E-state index in [1.165, 1.54) is 4.57 Å². The molecule has 0 bridgehead atoms. The van der Waals surface area contributed by atoms with Crippen molar-refractivity contribution in [2.24, 2.45) is 7.05 Å². The molecule has 1 unspecified atom stereocenters. The van der Waals surface area contributed by atoms with E-state index >= 15 is 0 Å². The Morgan fingerprint density at radius 3 is 2.71 bits per heavy atom. The van der Waals surface area contributed by atoms with Crippen molar-refractivity contribution in [2.45, 2.75) is 6.10 Å². The lowest BCUT2D eigenvalue weighted by molar-refractivity contribution is 0.0917. The number of oxazole rings is 1. The number of fused-ring (bicyclic) bond motifs is 1. The van der Waals surface area contributed by atoms with E-state index in [4.69, 9.17) is 16.0 Å². The Morgan fingerprint density at radius 2 is 2.00 bits per heavy atom. The first kappa shape index (κ1) is 16.3. The maximum absolute atomic E-state index is 12.4. The monoisotopic (exact) mass is 346 g/mol. The number of nitrogens with zero attached hydrogens (tertiary/aromatic N) is 1. The van der Waals surface area contributed by atoms with E-state index in [1.54, 1.807) is 49.5 Å². The standard InChI is InChI=1S/C17H15ClN2O4/c1-20-13-4-2-3-12(15(13)24-17(20)23)16(22)19-9-14(21)10-5-7-11(18)8-6-10/h2-8,14,21H,9H2,1H3,(H,19,22). The second-order valence-electron chi connectivity index (χ2n) is 5.36. The minimum Gasteiger partial charge on any atom is -0.407 e. The fourth-order valence-electron chi connectivity index (χ4n) is 2.42. The van der Waals surface area contributed by atoms with Gasteiger partial charge >= 0.3 is 5.76 Å². The molecular formula is C17H15ClN2O4. The van der Waals surface area contributed by atoms with Crippen molar-refractivity contribution in [1.29, 1.82) is 0 Å². The highest BCUT2D eigenvalue weighted by Crippen LogP contribution is 2.18. The van der Waals surface area contributed by atoms with Crippen molar-refractivity contribution < 1.29 is 14.3 Å². The van der Waals surface area contributed by atoms with Gasteiger partial charge in [-0.3, -0.25) is 9.36 Å². The maximum atomic E-state index is 12.4. The van der Waals surface area contributed by atoms with Crippen molar-refractivity contribution in [3.63, 3.8) is 0 Å².